The number of nitrogens with zero attached hydrogens (tertiary/aromatic N) is 1. The minimum absolute atomic E-state index is 0.757. The van der Waals surface area contributed by atoms with E-state index in [1.807, 2.05) is 18.2 Å². The zero-order valence-electron chi connectivity index (χ0n) is 20.6. The second-order valence-electron chi connectivity index (χ2n) is 9.30. The van der Waals surface area contributed by atoms with Gasteiger partial charge in [0.25, 0.3) is 0 Å². The van der Waals surface area contributed by atoms with Crippen LogP contribution in [-0.4, -0.2) is 25.7 Å². The summed E-state index contributed by atoms with van der Waals surface area (Å²) in [5.41, 5.74) is 6.29. The Labute approximate surface area is 209 Å². The number of methoxy groups -OCH3 is 2. The van der Waals surface area contributed by atoms with Crippen LogP contribution in [0.2, 0.25) is 5.02 Å². The lowest BCUT2D eigenvalue weighted by atomic mass is 9.92. The van der Waals surface area contributed by atoms with E-state index >= 15 is 0 Å². The van der Waals surface area contributed by atoms with Crippen LogP contribution in [0.25, 0.3) is 10.9 Å². The second kappa shape index (κ2) is 12.3. The predicted octanol–water partition coefficient (Wildman–Crippen LogP) is 7.78. The van der Waals surface area contributed by atoms with Crippen LogP contribution >= 0.6 is 11.6 Å². The van der Waals surface area contributed by atoms with E-state index in [0.717, 1.165) is 47.8 Å². The van der Waals surface area contributed by atoms with Crippen molar-refractivity contribution in [2.75, 3.05) is 26.1 Å². The number of ether oxygens (including phenoxy) is 2. The van der Waals surface area contributed by atoms with E-state index < -0.39 is 0 Å². The molecular formula is C29H37ClN2O2. The van der Waals surface area contributed by atoms with E-state index in [1.54, 1.807) is 14.2 Å². The number of aryl methyl sites for hydroxylation is 2. The van der Waals surface area contributed by atoms with Crippen LogP contribution < -0.4 is 14.8 Å². The highest BCUT2D eigenvalue weighted by Crippen LogP contribution is 2.34. The van der Waals surface area contributed by atoms with Crippen molar-refractivity contribution in [3.63, 3.8) is 0 Å². The van der Waals surface area contributed by atoms with E-state index in [9.17, 15) is 0 Å². The van der Waals surface area contributed by atoms with E-state index in [-0.39, 0.29) is 0 Å². The standard InChI is InChI=1S/C29H37ClN2O2/c1-33-23-17-21(18-24(20-23)34-2)11-7-5-3-4-6-10-16-31-29-25-12-8-9-13-27(25)32-28-19-22(30)14-15-26(28)29/h14-15,17-20H,3-13,16H2,1-2H3,(H,31,32). The topological polar surface area (TPSA) is 43.4 Å². The van der Waals surface area contributed by atoms with Gasteiger partial charge in [-0.25, -0.2) is 0 Å². The third-order valence-electron chi connectivity index (χ3n) is 6.83. The Balaban J connectivity index is 1.20. The molecule has 0 atom stereocenters. The Kier molecular flexibility index (Phi) is 8.92. The minimum atomic E-state index is 0.757. The maximum atomic E-state index is 6.24. The van der Waals surface area contributed by atoms with Crippen LogP contribution in [0.3, 0.4) is 0 Å². The quantitative estimate of drug-likeness (QED) is 0.269. The number of hydrogen-bond donors (Lipinski definition) is 1. The fourth-order valence-electron chi connectivity index (χ4n) is 4.99. The molecule has 0 unspecified atom stereocenters. The molecule has 0 amide bonds. The number of unbranched alkanes of at least 4 members (excludes halogenated alkanes) is 5. The molecule has 2 aromatic carbocycles. The summed E-state index contributed by atoms with van der Waals surface area (Å²) in [5, 5.41) is 5.74. The normalized spacial score (nSPS) is 13.0. The van der Waals surface area contributed by atoms with Crippen molar-refractivity contribution < 1.29 is 9.47 Å². The molecule has 0 bridgehead atoms. The molecule has 3 aromatic rings. The molecule has 182 valence electrons. The van der Waals surface area contributed by atoms with Crippen molar-refractivity contribution >= 4 is 28.2 Å². The fourth-order valence-corrected chi connectivity index (χ4v) is 5.15. The maximum absolute atomic E-state index is 6.24. The molecular weight excluding hydrogens is 444 g/mol. The lowest BCUT2D eigenvalue weighted by molar-refractivity contribution is 0.393. The van der Waals surface area contributed by atoms with Crippen LogP contribution in [0.15, 0.2) is 36.4 Å². The summed E-state index contributed by atoms with van der Waals surface area (Å²) in [4.78, 5) is 4.93. The van der Waals surface area contributed by atoms with Gasteiger partial charge in [0.1, 0.15) is 11.5 Å². The van der Waals surface area contributed by atoms with Crippen LogP contribution in [0, 0.1) is 0 Å². The summed E-state index contributed by atoms with van der Waals surface area (Å²) in [7, 11) is 3.41. The molecule has 34 heavy (non-hydrogen) atoms. The van der Waals surface area contributed by atoms with Crippen molar-refractivity contribution in [2.45, 2.75) is 70.6 Å². The first-order valence-corrected chi connectivity index (χ1v) is 13.1. The van der Waals surface area contributed by atoms with E-state index in [0.29, 0.717) is 0 Å². The third-order valence-corrected chi connectivity index (χ3v) is 7.07. The zero-order valence-corrected chi connectivity index (χ0v) is 21.3. The molecule has 1 aliphatic rings. The van der Waals surface area contributed by atoms with Gasteiger partial charge in [0.15, 0.2) is 0 Å². The van der Waals surface area contributed by atoms with Crippen LogP contribution in [0.1, 0.15) is 68.2 Å². The first kappa shape index (κ1) is 24.7. The first-order valence-electron chi connectivity index (χ1n) is 12.7. The van der Waals surface area contributed by atoms with Gasteiger partial charge in [-0.15, -0.1) is 0 Å². The maximum Gasteiger partial charge on any atom is 0.122 e. The Morgan fingerprint density at radius 3 is 2.32 bits per heavy atom. The van der Waals surface area contributed by atoms with Crippen molar-refractivity contribution in [3.8, 4) is 11.5 Å². The molecule has 0 spiro atoms. The van der Waals surface area contributed by atoms with Gasteiger partial charge < -0.3 is 14.8 Å². The molecule has 5 heteroatoms. The summed E-state index contributed by atoms with van der Waals surface area (Å²) in [6, 6.07) is 12.3. The fraction of sp³-hybridized carbons (Fsp3) is 0.483. The monoisotopic (exact) mass is 480 g/mol. The molecule has 1 aromatic heterocycles. The number of nitrogens with one attached hydrogen (secondary N) is 1. The number of rotatable bonds is 12. The van der Waals surface area contributed by atoms with Crippen LogP contribution in [0.5, 0.6) is 11.5 Å². The van der Waals surface area contributed by atoms with Gasteiger partial charge in [0.05, 0.1) is 19.7 Å². The summed E-state index contributed by atoms with van der Waals surface area (Å²) >= 11 is 6.24. The third kappa shape index (κ3) is 6.35. The second-order valence-corrected chi connectivity index (χ2v) is 9.74. The number of pyridine rings is 1. The summed E-state index contributed by atoms with van der Waals surface area (Å²) < 4.78 is 10.8. The number of fused-ring (bicyclic) bond motifs is 2. The molecule has 1 N–H and O–H groups in total. The average Bonchev–Trinajstić information content (AvgIpc) is 2.86. The minimum Gasteiger partial charge on any atom is -0.497 e. The number of anilines is 1. The van der Waals surface area contributed by atoms with Gasteiger partial charge in [0, 0.05) is 34.4 Å². The van der Waals surface area contributed by atoms with E-state index in [1.165, 1.54) is 79.3 Å². The van der Waals surface area contributed by atoms with Crippen molar-refractivity contribution in [1.29, 1.82) is 0 Å². The number of hydrogen-bond acceptors (Lipinski definition) is 4. The molecule has 1 aliphatic carbocycles. The van der Waals surface area contributed by atoms with Gasteiger partial charge in [-0.2, -0.15) is 0 Å². The highest BCUT2D eigenvalue weighted by Gasteiger charge is 2.18. The van der Waals surface area contributed by atoms with E-state index in [4.69, 9.17) is 26.1 Å². The molecule has 4 nitrogen and oxygen atoms in total. The molecule has 0 radical (unpaired) electrons. The van der Waals surface area contributed by atoms with Gasteiger partial charge in [-0.3, -0.25) is 4.98 Å². The molecule has 0 saturated heterocycles. The lowest BCUT2D eigenvalue weighted by Crippen LogP contribution is -2.12. The molecule has 1 heterocycles. The van der Waals surface area contributed by atoms with Crippen molar-refractivity contribution in [3.05, 3.63) is 58.2 Å². The van der Waals surface area contributed by atoms with Crippen LogP contribution in [0.4, 0.5) is 5.69 Å². The SMILES string of the molecule is COc1cc(CCCCCCCCNc2c3c(nc4cc(Cl)ccc24)CCCC3)cc(OC)c1. The van der Waals surface area contributed by atoms with Gasteiger partial charge >= 0.3 is 0 Å². The van der Waals surface area contributed by atoms with Crippen molar-refractivity contribution in [1.82, 2.24) is 4.98 Å². The largest absolute Gasteiger partial charge is 0.497 e. The van der Waals surface area contributed by atoms with E-state index in [2.05, 4.69) is 23.5 Å². The van der Waals surface area contributed by atoms with Gasteiger partial charge in [0.2, 0.25) is 0 Å². The molecule has 0 saturated carbocycles. The Morgan fingerprint density at radius 1 is 0.853 bits per heavy atom. The zero-order chi connectivity index (χ0) is 23.8. The van der Waals surface area contributed by atoms with Crippen molar-refractivity contribution in [2.24, 2.45) is 0 Å². The number of benzene rings is 2. The van der Waals surface area contributed by atoms with Crippen LogP contribution in [-0.2, 0) is 19.3 Å². The first-order chi connectivity index (χ1) is 16.7. The predicted molar refractivity (Wildman–Crippen MR) is 143 cm³/mol. The summed E-state index contributed by atoms with van der Waals surface area (Å²) in [6.07, 6.45) is 13.2. The average molecular weight is 481 g/mol. The smallest absolute Gasteiger partial charge is 0.122 e. The molecule has 4 rings (SSSR count). The summed E-state index contributed by atoms with van der Waals surface area (Å²) in [5.74, 6) is 1.74. The highest BCUT2D eigenvalue weighted by atomic mass is 35.5. The van der Waals surface area contributed by atoms with Gasteiger partial charge in [-0.05, 0) is 86.4 Å². The Hall–Kier alpha value is -2.46. The number of halogens is 1. The summed E-state index contributed by atoms with van der Waals surface area (Å²) in [6.45, 7) is 1.01. The number of aromatic nitrogens is 1. The Morgan fingerprint density at radius 2 is 1.56 bits per heavy atom. The lowest BCUT2D eigenvalue weighted by Gasteiger charge is -2.22. The highest BCUT2D eigenvalue weighted by molar-refractivity contribution is 6.31. The molecule has 0 fully saturated rings. The molecule has 0 aliphatic heterocycles. The van der Waals surface area contributed by atoms with Gasteiger partial charge in [-0.1, -0.05) is 37.3 Å². The Bertz CT molecular complexity index is 1080.